The van der Waals surface area contributed by atoms with Gasteiger partial charge in [-0.2, -0.15) is 0 Å². The third-order valence-electron chi connectivity index (χ3n) is 6.91. The number of anilines is 1. The van der Waals surface area contributed by atoms with E-state index in [1.165, 1.54) is 43.6 Å². The number of ether oxygens (including phenoxy) is 1. The first-order chi connectivity index (χ1) is 9.62. The summed E-state index contributed by atoms with van der Waals surface area (Å²) in [6.45, 7) is 7.24. The van der Waals surface area contributed by atoms with Crippen LogP contribution in [0.25, 0.3) is 0 Å². The van der Waals surface area contributed by atoms with Gasteiger partial charge in [0.05, 0.1) is 16.6 Å². The molecule has 0 unspecified atom stereocenters. The number of nitrogens with one attached hydrogen (secondary N) is 1. The van der Waals surface area contributed by atoms with Gasteiger partial charge >= 0.3 is 0 Å². The Bertz CT molecular complexity index is 602. The minimum absolute atomic E-state index is 0.0209. The number of hydrogen-bond donors (Lipinski definition) is 1. The summed E-state index contributed by atoms with van der Waals surface area (Å²) >= 11 is 0. The molecule has 1 aromatic carbocycles. The first-order valence-corrected chi connectivity index (χ1v) is 7.91. The van der Waals surface area contributed by atoms with Crippen LogP contribution in [0.5, 0.6) is 0 Å². The maximum atomic E-state index is 6.63. The summed E-state index contributed by atoms with van der Waals surface area (Å²) < 4.78 is 6.63. The van der Waals surface area contributed by atoms with Gasteiger partial charge < -0.3 is 10.1 Å². The summed E-state index contributed by atoms with van der Waals surface area (Å²) in [5.41, 5.74) is 3.02. The van der Waals surface area contributed by atoms with Crippen molar-refractivity contribution in [3.05, 3.63) is 29.8 Å². The molecule has 4 aliphatic rings. The van der Waals surface area contributed by atoms with E-state index in [1.807, 2.05) is 0 Å². The topological polar surface area (TPSA) is 24.5 Å². The van der Waals surface area contributed by atoms with Gasteiger partial charge in [0.1, 0.15) is 6.23 Å². The highest BCUT2D eigenvalue weighted by Gasteiger charge is 2.77. The van der Waals surface area contributed by atoms with Crippen molar-refractivity contribution >= 4 is 5.69 Å². The molecule has 1 spiro atoms. The highest BCUT2D eigenvalue weighted by atomic mass is 16.5. The van der Waals surface area contributed by atoms with Crippen molar-refractivity contribution < 1.29 is 4.74 Å². The van der Waals surface area contributed by atoms with Crippen LogP contribution in [-0.2, 0) is 10.2 Å². The summed E-state index contributed by atoms with van der Waals surface area (Å²) in [7, 11) is 0. The van der Waals surface area contributed by atoms with E-state index in [4.69, 9.17) is 4.74 Å². The fourth-order valence-corrected chi connectivity index (χ4v) is 5.80. The minimum Gasteiger partial charge on any atom is -0.359 e. The van der Waals surface area contributed by atoms with Crippen molar-refractivity contribution in [2.75, 3.05) is 18.4 Å². The Labute approximate surface area is 120 Å². The van der Waals surface area contributed by atoms with Crippen LogP contribution >= 0.6 is 0 Å². The number of fused-ring (bicyclic) bond motifs is 1. The molecule has 1 N–H and O–H groups in total. The summed E-state index contributed by atoms with van der Waals surface area (Å²) in [5.74, 6) is 0. The predicted molar refractivity (Wildman–Crippen MR) is 78.8 cm³/mol. The fourth-order valence-electron chi connectivity index (χ4n) is 5.80. The van der Waals surface area contributed by atoms with E-state index in [0.29, 0.717) is 0 Å². The van der Waals surface area contributed by atoms with Gasteiger partial charge in [-0.05, 0) is 57.8 Å². The third-order valence-corrected chi connectivity index (χ3v) is 6.91. The average Bonchev–Trinajstić information content (AvgIpc) is 2.98. The van der Waals surface area contributed by atoms with Gasteiger partial charge in [0.15, 0.2) is 0 Å². The summed E-state index contributed by atoms with van der Waals surface area (Å²) in [6, 6.07) is 8.83. The first kappa shape index (κ1) is 11.6. The Kier molecular flexibility index (Phi) is 1.87. The maximum Gasteiger partial charge on any atom is 0.140 e. The van der Waals surface area contributed by atoms with Crippen molar-refractivity contribution in [1.29, 1.82) is 0 Å². The zero-order valence-electron chi connectivity index (χ0n) is 12.3. The lowest BCUT2D eigenvalue weighted by Crippen LogP contribution is -2.65. The van der Waals surface area contributed by atoms with Crippen LogP contribution < -0.4 is 5.32 Å². The first-order valence-electron chi connectivity index (χ1n) is 7.91. The Balaban J connectivity index is 1.80. The zero-order valence-corrected chi connectivity index (χ0v) is 12.3. The summed E-state index contributed by atoms with van der Waals surface area (Å²) in [5, 5.41) is 3.67. The lowest BCUT2D eigenvalue weighted by atomic mass is 9.60. The molecule has 0 saturated carbocycles. The summed E-state index contributed by atoms with van der Waals surface area (Å²) in [4.78, 5) is 2.71. The van der Waals surface area contributed by atoms with E-state index in [0.717, 1.165) is 0 Å². The molecule has 20 heavy (non-hydrogen) atoms. The lowest BCUT2D eigenvalue weighted by molar-refractivity contribution is -0.107. The lowest BCUT2D eigenvalue weighted by Gasteiger charge is -2.52. The number of piperidine rings is 1. The van der Waals surface area contributed by atoms with Crippen LogP contribution in [-0.4, -0.2) is 35.4 Å². The Morgan fingerprint density at radius 3 is 2.95 bits per heavy atom. The van der Waals surface area contributed by atoms with Crippen LogP contribution in [0.2, 0.25) is 0 Å². The number of benzene rings is 1. The monoisotopic (exact) mass is 270 g/mol. The number of rotatable bonds is 0. The number of hydrogen-bond acceptors (Lipinski definition) is 3. The maximum absolute atomic E-state index is 6.63. The predicted octanol–water partition coefficient (Wildman–Crippen LogP) is 2.72. The van der Waals surface area contributed by atoms with E-state index < -0.39 is 0 Å². The van der Waals surface area contributed by atoms with Gasteiger partial charge in [0.25, 0.3) is 0 Å². The molecule has 0 aliphatic carbocycles. The second kappa shape index (κ2) is 3.23. The van der Waals surface area contributed by atoms with E-state index in [1.54, 1.807) is 0 Å². The number of nitrogens with zero attached hydrogens (tertiary/aromatic N) is 1. The molecule has 4 atom stereocenters. The Hall–Kier alpha value is -1.06. The second-order valence-electron chi connectivity index (χ2n) is 7.30. The van der Waals surface area contributed by atoms with Crippen LogP contribution in [0.15, 0.2) is 24.3 Å². The molecule has 3 heteroatoms. The van der Waals surface area contributed by atoms with E-state index in [9.17, 15) is 0 Å². The van der Waals surface area contributed by atoms with Crippen molar-refractivity contribution in [3.63, 3.8) is 0 Å². The fraction of sp³-hybridized carbons (Fsp3) is 0.647. The van der Waals surface area contributed by atoms with Gasteiger partial charge in [-0.15, -0.1) is 0 Å². The average molecular weight is 270 g/mol. The highest BCUT2D eigenvalue weighted by molar-refractivity contribution is 5.65. The normalized spacial score (nSPS) is 48.6. The van der Waals surface area contributed by atoms with E-state index in [-0.39, 0.29) is 22.8 Å². The standard InChI is InChI=1S/C17H22N2O/c1-15-8-5-10-19-11-9-17(16(15,19)2)12-6-3-4-7-13(12)18-14(17)20-15/h3-4,6-7,14,18H,5,8-11H2,1-2H3/t14-,15+,16-,17-/m0/s1. The second-order valence-corrected chi connectivity index (χ2v) is 7.30. The third kappa shape index (κ3) is 0.932. The Morgan fingerprint density at radius 2 is 2.05 bits per heavy atom. The van der Waals surface area contributed by atoms with Crippen molar-refractivity contribution in [2.24, 2.45) is 0 Å². The molecule has 0 aromatic heterocycles. The van der Waals surface area contributed by atoms with Crippen LogP contribution in [0.3, 0.4) is 0 Å². The van der Waals surface area contributed by atoms with Gasteiger partial charge in [-0.3, -0.25) is 4.90 Å². The van der Waals surface area contributed by atoms with Crippen molar-refractivity contribution in [3.8, 4) is 0 Å². The molecule has 3 fully saturated rings. The van der Waals surface area contributed by atoms with Gasteiger partial charge in [-0.1, -0.05) is 18.2 Å². The molecule has 106 valence electrons. The minimum atomic E-state index is -0.0209. The van der Waals surface area contributed by atoms with Crippen molar-refractivity contribution in [2.45, 2.75) is 55.9 Å². The van der Waals surface area contributed by atoms with Gasteiger partial charge in [0, 0.05) is 5.69 Å². The molecule has 4 aliphatic heterocycles. The SMILES string of the molecule is C[C@]12N3CCC[C@@]1(C)O[C@@H]1Nc4ccccc4[C@@]12CC3. The van der Waals surface area contributed by atoms with Gasteiger partial charge in [0.2, 0.25) is 0 Å². The van der Waals surface area contributed by atoms with E-state index in [2.05, 4.69) is 48.3 Å². The number of para-hydroxylation sites is 1. The van der Waals surface area contributed by atoms with Gasteiger partial charge in [-0.25, -0.2) is 0 Å². The van der Waals surface area contributed by atoms with Crippen LogP contribution in [0.1, 0.15) is 38.7 Å². The smallest absolute Gasteiger partial charge is 0.140 e. The molecule has 3 saturated heterocycles. The molecular formula is C17H22N2O. The summed E-state index contributed by atoms with van der Waals surface area (Å²) in [6.07, 6.45) is 3.81. The molecule has 0 radical (unpaired) electrons. The molecule has 4 heterocycles. The van der Waals surface area contributed by atoms with E-state index >= 15 is 0 Å². The molecule has 0 amide bonds. The molecule has 0 bridgehead atoms. The van der Waals surface area contributed by atoms with Crippen LogP contribution in [0.4, 0.5) is 5.69 Å². The van der Waals surface area contributed by atoms with Crippen LogP contribution in [0, 0.1) is 0 Å². The molecular weight excluding hydrogens is 248 g/mol. The largest absolute Gasteiger partial charge is 0.359 e. The zero-order chi connectivity index (χ0) is 13.6. The highest BCUT2D eigenvalue weighted by Crippen LogP contribution is 2.67. The van der Waals surface area contributed by atoms with Crippen molar-refractivity contribution in [1.82, 2.24) is 4.90 Å². The molecule has 1 aromatic rings. The molecule has 5 rings (SSSR count). The molecule has 3 nitrogen and oxygen atoms in total. The quantitative estimate of drug-likeness (QED) is 0.784. The Morgan fingerprint density at radius 1 is 1.20 bits per heavy atom.